The molecule has 0 saturated heterocycles. The van der Waals surface area contributed by atoms with Crippen molar-refractivity contribution < 1.29 is 9.90 Å². The first-order valence-electron chi connectivity index (χ1n) is 6.44. The third-order valence-electron chi connectivity index (χ3n) is 2.84. The quantitative estimate of drug-likeness (QED) is 0.618. The van der Waals surface area contributed by atoms with E-state index in [1.54, 1.807) is 0 Å². The normalized spacial score (nSPS) is 12.1. The maximum Gasteiger partial charge on any atom is 0.320 e. The summed E-state index contributed by atoms with van der Waals surface area (Å²) in [7, 11) is 0. The Hall–Kier alpha value is -1.55. The SMILES string of the molecule is CCCCCNc1ccc(C[C@@H](N)C(=O)O)cc1. The molecule has 1 rings (SSSR count). The second-order valence-electron chi connectivity index (χ2n) is 4.48. The summed E-state index contributed by atoms with van der Waals surface area (Å²) in [6.07, 6.45) is 3.99. The molecule has 1 atom stereocenters. The van der Waals surface area contributed by atoms with Crippen molar-refractivity contribution in [3.63, 3.8) is 0 Å². The van der Waals surface area contributed by atoms with Crippen LogP contribution in [0, 0.1) is 0 Å². The molecule has 0 heterocycles. The van der Waals surface area contributed by atoms with E-state index in [-0.39, 0.29) is 0 Å². The lowest BCUT2D eigenvalue weighted by atomic mass is 10.1. The predicted molar refractivity (Wildman–Crippen MR) is 73.8 cm³/mol. The molecule has 0 bridgehead atoms. The first-order valence-corrected chi connectivity index (χ1v) is 6.44. The maximum absolute atomic E-state index is 10.6. The number of carbonyl (C=O) groups is 1. The van der Waals surface area contributed by atoms with Gasteiger partial charge in [-0.1, -0.05) is 31.9 Å². The van der Waals surface area contributed by atoms with Crippen LogP contribution in [-0.4, -0.2) is 23.7 Å². The number of hydrogen-bond acceptors (Lipinski definition) is 3. The van der Waals surface area contributed by atoms with Crippen LogP contribution in [0.2, 0.25) is 0 Å². The second-order valence-corrected chi connectivity index (χ2v) is 4.48. The van der Waals surface area contributed by atoms with Gasteiger partial charge in [-0.15, -0.1) is 0 Å². The van der Waals surface area contributed by atoms with E-state index in [0.29, 0.717) is 6.42 Å². The van der Waals surface area contributed by atoms with Crippen molar-refractivity contribution in [2.24, 2.45) is 5.73 Å². The largest absolute Gasteiger partial charge is 0.480 e. The summed E-state index contributed by atoms with van der Waals surface area (Å²) in [5.74, 6) is -0.961. The fraction of sp³-hybridized carbons (Fsp3) is 0.500. The minimum atomic E-state index is -0.961. The van der Waals surface area contributed by atoms with Crippen molar-refractivity contribution in [3.8, 4) is 0 Å². The molecule has 0 spiro atoms. The Labute approximate surface area is 108 Å². The molecule has 0 amide bonds. The van der Waals surface area contributed by atoms with E-state index in [9.17, 15) is 4.79 Å². The molecule has 0 aliphatic heterocycles. The number of nitrogens with two attached hydrogens (primary N) is 1. The molecule has 0 unspecified atom stereocenters. The van der Waals surface area contributed by atoms with Crippen molar-refractivity contribution in [1.82, 2.24) is 0 Å². The average Bonchev–Trinajstić information content (AvgIpc) is 2.36. The summed E-state index contributed by atoms with van der Waals surface area (Å²) >= 11 is 0. The van der Waals surface area contributed by atoms with Crippen molar-refractivity contribution in [2.75, 3.05) is 11.9 Å². The van der Waals surface area contributed by atoms with Gasteiger partial charge in [0.15, 0.2) is 0 Å². The van der Waals surface area contributed by atoms with Crippen LogP contribution in [-0.2, 0) is 11.2 Å². The highest BCUT2D eigenvalue weighted by molar-refractivity contribution is 5.73. The molecule has 4 nitrogen and oxygen atoms in total. The number of carboxylic acid groups (broad SMARTS) is 1. The van der Waals surface area contributed by atoms with Gasteiger partial charge in [-0.2, -0.15) is 0 Å². The number of unbranched alkanes of at least 4 members (excludes halogenated alkanes) is 2. The third-order valence-corrected chi connectivity index (χ3v) is 2.84. The summed E-state index contributed by atoms with van der Waals surface area (Å²) in [4.78, 5) is 10.6. The van der Waals surface area contributed by atoms with Crippen molar-refractivity contribution in [2.45, 2.75) is 38.6 Å². The molecule has 0 aromatic heterocycles. The van der Waals surface area contributed by atoms with E-state index in [1.165, 1.54) is 19.3 Å². The summed E-state index contributed by atoms with van der Waals surface area (Å²) in [6, 6.07) is 6.95. The Balaban J connectivity index is 2.40. The van der Waals surface area contributed by atoms with Gasteiger partial charge in [0.2, 0.25) is 0 Å². The number of benzene rings is 1. The molecular formula is C14H22N2O2. The molecule has 0 saturated carbocycles. The van der Waals surface area contributed by atoms with E-state index >= 15 is 0 Å². The third kappa shape index (κ3) is 5.19. The Morgan fingerprint density at radius 3 is 2.56 bits per heavy atom. The number of rotatable bonds is 8. The highest BCUT2D eigenvalue weighted by atomic mass is 16.4. The molecule has 4 heteroatoms. The first-order chi connectivity index (χ1) is 8.63. The highest BCUT2D eigenvalue weighted by Gasteiger charge is 2.11. The lowest BCUT2D eigenvalue weighted by Crippen LogP contribution is -2.32. The van der Waals surface area contributed by atoms with Crippen LogP contribution in [0.4, 0.5) is 5.69 Å². The van der Waals surface area contributed by atoms with Crippen LogP contribution in [0.5, 0.6) is 0 Å². The van der Waals surface area contributed by atoms with Crippen LogP contribution in [0.15, 0.2) is 24.3 Å². The van der Waals surface area contributed by atoms with Crippen molar-refractivity contribution in [1.29, 1.82) is 0 Å². The van der Waals surface area contributed by atoms with Crippen molar-refractivity contribution in [3.05, 3.63) is 29.8 Å². The Morgan fingerprint density at radius 1 is 1.33 bits per heavy atom. The zero-order chi connectivity index (χ0) is 13.4. The van der Waals surface area contributed by atoms with E-state index < -0.39 is 12.0 Å². The summed E-state index contributed by atoms with van der Waals surface area (Å²) in [5, 5.41) is 12.1. The maximum atomic E-state index is 10.6. The Kier molecular flexibility index (Phi) is 6.22. The summed E-state index contributed by atoms with van der Waals surface area (Å²) in [5.41, 5.74) is 7.50. The molecule has 18 heavy (non-hydrogen) atoms. The number of carboxylic acids is 1. The van der Waals surface area contributed by atoms with Gasteiger partial charge < -0.3 is 16.2 Å². The molecular weight excluding hydrogens is 228 g/mol. The van der Waals surface area contributed by atoms with Crippen LogP contribution < -0.4 is 11.1 Å². The van der Waals surface area contributed by atoms with E-state index in [4.69, 9.17) is 10.8 Å². The summed E-state index contributed by atoms with van der Waals surface area (Å²) in [6.45, 7) is 3.16. The van der Waals surface area contributed by atoms with Crippen LogP contribution in [0.1, 0.15) is 31.7 Å². The van der Waals surface area contributed by atoms with E-state index in [0.717, 1.165) is 17.8 Å². The van der Waals surface area contributed by atoms with Gasteiger partial charge in [0.25, 0.3) is 0 Å². The van der Waals surface area contributed by atoms with Crippen LogP contribution in [0.3, 0.4) is 0 Å². The molecule has 1 aromatic rings. The molecule has 0 radical (unpaired) electrons. The fourth-order valence-electron chi connectivity index (χ4n) is 1.71. The Bertz CT molecular complexity index is 363. The standard InChI is InChI=1S/C14H22N2O2/c1-2-3-4-9-16-12-7-5-11(6-8-12)10-13(15)14(17)18/h5-8,13,16H,2-4,9-10,15H2,1H3,(H,17,18)/t13-/m1/s1. The number of nitrogens with one attached hydrogen (secondary N) is 1. The van der Waals surface area contributed by atoms with Crippen LogP contribution >= 0.6 is 0 Å². The number of aliphatic carboxylic acids is 1. The molecule has 0 fully saturated rings. The molecule has 100 valence electrons. The topological polar surface area (TPSA) is 75.3 Å². The van der Waals surface area contributed by atoms with Gasteiger partial charge in [0, 0.05) is 12.2 Å². The van der Waals surface area contributed by atoms with Crippen molar-refractivity contribution >= 4 is 11.7 Å². The van der Waals surface area contributed by atoms with Gasteiger partial charge in [-0.3, -0.25) is 4.79 Å². The second kappa shape index (κ2) is 7.71. The highest BCUT2D eigenvalue weighted by Crippen LogP contribution is 2.11. The zero-order valence-electron chi connectivity index (χ0n) is 10.9. The van der Waals surface area contributed by atoms with Gasteiger partial charge in [-0.25, -0.2) is 0 Å². The molecule has 0 aliphatic rings. The molecule has 4 N–H and O–H groups in total. The number of hydrogen-bond donors (Lipinski definition) is 3. The summed E-state index contributed by atoms with van der Waals surface area (Å²) < 4.78 is 0. The average molecular weight is 250 g/mol. The smallest absolute Gasteiger partial charge is 0.320 e. The van der Waals surface area contributed by atoms with Gasteiger partial charge in [0.1, 0.15) is 6.04 Å². The van der Waals surface area contributed by atoms with Crippen LogP contribution in [0.25, 0.3) is 0 Å². The fourth-order valence-corrected chi connectivity index (χ4v) is 1.71. The molecule has 1 aromatic carbocycles. The first kappa shape index (κ1) is 14.5. The monoisotopic (exact) mass is 250 g/mol. The lowest BCUT2D eigenvalue weighted by molar-refractivity contribution is -0.138. The van der Waals surface area contributed by atoms with Gasteiger partial charge in [-0.05, 0) is 30.5 Å². The number of anilines is 1. The zero-order valence-corrected chi connectivity index (χ0v) is 10.9. The molecule has 0 aliphatic carbocycles. The predicted octanol–water partition coefficient (Wildman–Crippen LogP) is 2.24. The van der Waals surface area contributed by atoms with E-state index in [1.807, 2.05) is 24.3 Å². The van der Waals surface area contributed by atoms with Gasteiger partial charge >= 0.3 is 5.97 Å². The minimum absolute atomic E-state index is 0.367. The lowest BCUT2D eigenvalue weighted by Gasteiger charge is -2.09. The van der Waals surface area contributed by atoms with E-state index in [2.05, 4.69) is 12.2 Å². The minimum Gasteiger partial charge on any atom is -0.480 e. The Morgan fingerprint density at radius 2 is 2.00 bits per heavy atom. The van der Waals surface area contributed by atoms with Gasteiger partial charge in [0.05, 0.1) is 0 Å².